The van der Waals surface area contributed by atoms with E-state index in [0.717, 1.165) is 25.9 Å². The highest BCUT2D eigenvalue weighted by molar-refractivity contribution is 5.76. The van der Waals surface area contributed by atoms with Gasteiger partial charge in [-0.2, -0.15) is 0 Å². The molecule has 1 fully saturated rings. The topological polar surface area (TPSA) is 70.6 Å². The third kappa shape index (κ3) is 4.92. The Morgan fingerprint density at radius 3 is 3.06 bits per heavy atom. The summed E-state index contributed by atoms with van der Waals surface area (Å²) in [4.78, 5) is 11.5. The Kier molecular flexibility index (Phi) is 6.37. The van der Waals surface area contributed by atoms with E-state index < -0.39 is 0 Å². The first kappa shape index (κ1) is 13.4. The van der Waals surface area contributed by atoms with Crippen LogP contribution in [0.15, 0.2) is 0 Å². The van der Waals surface area contributed by atoms with Gasteiger partial charge in [-0.3, -0.25) is 4.79 Å². The molecule has 1 saturated heterocycles. The lowest BCUT2D eigenvalue weighted by Gasteiger charge is -2.15. The Balaban J connectivity index is 2.13. The minimum absolute atomic E-state index is 0.00278. The number of aliphatic hydroxyl groups excluding tert-OH is 1. The largest absolute Gasteiger partial charge is 0.394 e. The van der Waals surface area contributed by atoms with Crippen molar-refractivity contribution in [2.24, 2.45) is 5.92 Å². The zero-order valence-electron chi connectivity index (χ0n) is 9.87. The normalized spacial score (nSPS) is 22.0. The predicted octanol–water partition coefficient (Wildman–Crippen LogP) is -0.500. The van der Waals surface area contributed by atoms with Crippen LogP contribution < -0.4 is 10.6 Å². The summed E-state index contributed by atoms with van der Waals surface area (Å²) in [5, 5.41) is 15.0. The van der Waals surface area contributed by atoms with Crippen molar-refractivity contribution in [3.05, 3.63) is 0 Å². The van der Waals surface area contributed by atoms with Crippen LogP contribution in [0.1, 0.15) is 19.3 Å². The molecule has 1 aliphatic heterocycles. The fourth-order valence-electron chi connectivity index (χ4n) is 1.94. The van der Waals surface area contributed by atoms with E-state index in [9.17, 15) is 4.79 Å². The van der Waals surface area contributed by atoms with Gasteiger partial charge >= 0.3 is 0 Å². The second-order valence-electron chi connectivity index (χ2n) is 4.30. The van der Waals surface area contributed by atoms with E-state index >= 15 is 0 Å². The summed E-state index contributed by atoms with van der Waals surface area (Å²) in [5.74, 6) is 0.628. The van der Waals surface area contributed by atoms with E-state index in [1.165, 1.54) is 0 Å². The Labute approximate surface area is 96.6 Å². The Morgan fingerprint density at radius 2 is 2.50 bits per heavy atom. The summed E-state index contributed by atoms with van der Waals surface area (Å²) in [6.07, 6.45) is 2.62. The van der Waals surface area contributed by atoms with E-state index in [0.29, 0.717) is 18.9 Å². The van der Waals surface area contributed by atoms with Crippen LogP contribution in [-0.4, -0.2) is 50.5 Å². The van der Waals surface area contributed by atoms with Crippen LogP contribution in [0.2, 0.25) is 0 Å². The lowest BCUT2D eigenvalue weighted by atomic mass is 10.0. The molecule has 1 heterocycles. The molecule has 0 aromatic rings. The van der Waals surface area contributed by atoms with E-state index in [2.05, 4.69) is 10.6 Å². The highest BCUT2D eigenvalue weighted by Crippen LogP contribution is 2.13. The first-order chi connectivity index (χ1) is 7.76. The number of nitrogens with one attached hydrogen (secondary N) is 2. The molecule has 5 nitrogen and oxygen atoms in total. The molecule has 2 unspecified atom stereocenters. The average molecular weight is 230 g/mol. The van der Waals surface area contributed by atoms with Gasteiger partial charge in [0, 0.05) is 13.5 Å². The third-order valence-corrected chi connectivity index (χ3v) is 2.90. The van der Waals surface area contributed by atoms with Gasteiger partial charge in [-0.1, -0.05) is 0 Å². The molecular formula is C11H22N2O3. The quantitative estimate of drug-likeness (QED) is 0.551. The van der Waals surface area contributed by atoms with Crippen LogP contribution in [0, 0.1) is 5.92 Å². The van der Waals surface area contributed by atoms with Crippen molar-refractivity contribution < 1.29 is 14.6 Å². The molecule has 1 amide bonds. The molecule has 2 atom stereocenters. The molecule has 0 aromatic carbocycles. The number of ether oxygens (including phenoxy) is 1. The van der Waals surface area contributed by atoms with E-state index in [1.54, 1.807) is 7.11 Å². The van der Waals surface area contributed by atoms with Crippen molar-refractivity contribution >= 4 is 5.91 Å². The number of carbonyl (C=O) groups excluding carboxylic acids is 1. The molecule has 0 spiro atoms. The van der Waals surface area contributed by atoms with Crippen molar-refractivity contribution in [2.45, 2.75) is 25.3 Å². The van der Waals surface area contributed by atoms with Gasteiger partial charge < -0.3 is 20.5 Å². The highest BCUT2D eigenvalue weighted by Gasteiger charge is 2.17. The molecule has 0 saturated carbocycles. The van der Waals surface area contributed by atoms with Crippen LogP contribution in [0.25, 0.3) is 0 Å². The van der Waals surface area contributed by atoms with Crippen LogP contribution >= 0.6 is 0 Å². The monoisotopic (exact) mass is 230 g/mol. The highest BCUT2D eigenvalue weighted by atomic mass is 16.5. The number of hydrogen-bond acceptors (Lipinski definition) is 4. The molecule has 1 rings (SSSR count). The number of methoxy groups -OCH3 is 1. The molecular weight excluding hydrogens is 208 g/mol. The zero-order valence-corrected chi connectivity index (χ0v) is 9.87. The van der Waals surface area contributed by atoms with Crippen LogP contribution in [0.5, 0.6) is 0 Å². The average Bonchev–Trinajstić information content (AvgIpc) is 2.78. The summed E-state index contributed by atoms with van der Waals surface area (Å²) in [6.45, 7) is 2.36. The maximum Gasteiger partial charge on any atom is 0.220 e. The minimum atomic E-state index is -0.279. The van der Waals surface area contributed by atoms with Gasteiger partial charge in [0.25, 0.3) is 0 Å². The van der Waals surface area contributed by atoms with Crippen molar-refractivity contribution in [3.8, 4) is 0 Å². The first-order valence-corrected chi connectivity index (χ1v) is 5.86. The second kappa shape index (κ2) is 7.60. The molecule has 3 N–H and O–H groups in total. The van der Waals surface area contributed by atoms with Gasteiger partial charge in [-0.15, -0.1) is 0 Å². The van der Waals surface area contributed by atoms with Gasteiger partial charge in [-0.05, 0) is 31.8 Å². The van der Waals surface area contributed by atoms with Gasteiger partial charge in [0.05, 0.1) is 19.3 Å². The fraction of sp³-hybridized carbons (Fsp3) is 0.909. The summed E-state index contributed by atoms with van der Waals surface area (Å²) < 4.78 is 4.89. The van der Waals surface area contributed by atoms with E-state index in [-0.39, 0.29) is 18.6 Å². The summed E-state index contributed by atoms with van der Waals surface area (Å²) >= 11 is 0. The van der Waals surface area contributed by atoms with Crippen LogP contribution in [0.4, 0.5) is 0 Å². The predicted molar refractivity (Wildman–Crippen MR) is 61.1 cm³/mol. The number of hydrogen-bond donors (Lipinski definition) is 3. The van der Waals surface area contributed by atoms with Crippen molar-refractivity contribution in [1.82, 2.24) is 10.6 Å². The summed E-state index contributed by atoms with van der Waals surface area (Å²) in [5.41, 5.74) is 0. The molecule has 0 bridgehead atoms. The van der Waals surface area contributed by atoms with Crippen LogP contribution in [-0.2, 0) is 9.53 Å². The minimum Gasteiger partial charge on any atom is -0.394 e. The van der Waals surface area contributed by atoms with E-state index in [1.807, 2.05) is 0 Å². The van der Waals surface area contributed by atoms with Gasteiger partial charge in [-0.25, -0.2) is 0 Å². The zero-order chi connectivity index (χ0) is 11.8. The van der Waals surface area contributed by atoms with Crippen molar-refractivity contribution in [1.29, 1.82) is 0 Å². The number of carbonyl (C=O) groups is 1. The molecule has 5 heteroatoms. The van der Waals surface area contributed by atoms with E-state index in [4.69, 9.17) is 9.84 Å². The number of rotatable bonds is 7. The number of aliphatic hydroxyl groups is 1. The lowest BCUT2D eigenvalue weighted by Crippen LogP contribution is -2.40. The number of amides is 1. The molecule has 0 aliphatic carbocycles. The van der Waals surface area contributed by atoms with Crippen LogP contribution in [0.3, 0.4) is 0 Å². The fourth-order valence-corrected chi connectivity index (χ4v) is 1.94. The Morgan fingerprint density at radius 1 is 1.69 bits per heavy atom. The SMILES string of the molecule is COCC(CO)NC(=O)CCC1CCNC1. The maximum absolute atomic E-state index is 11.5. The Hall–Kier alpha value is -0.650. The third-order valence-electron chi connectivity index (χ3n) is 2.90. The molecule has 94 valence electrons. The smallest absolute Gasteiger partial charge is 0.220 e. The lowest BCUT2D eigenvalue weighted by molar-refractivity contribution is -0.122. The first-order valence-electron chi connectivity index (χ1n) is 5.86. The maximum atomic E-state index is 11.5. The molecule has 16 heavy (non-hydrogen) atoms. The summed E-state index contributed by atoms with van der Waals surface area (Å²) in [6, 6.07) is -0.279. The van der Waals surface area contributed by atoms with Crippen molar-refractivity contribution in [2.75, 3.05) is 33.4 Å². The van der Waals surface area contributed by atoms with Gasteiger partial charge in [0.15, 0.2) is 0 Å². The van der Waals surface area contributed by atoms with Crippen molar-refractivity contribution in [3.63, 3.8) is 0 Å². The molecule has 0 radical (unpaired) electrons. The van der Waals surface area contributed by atoms with Gasteiger partial charge in [0.1, 0.15) is 0 Å². The Bertz CT molecular complexity index is 205. The summed E-state index contributed by atoms with van der Waals surface area (Å²) in [7, 11) is 1.55. The molecule has 1 aliphatic rings. The standard InChI is InChI=1S/C11H22N2O3/c1-16-8-10(7-14)13-11(15)3-2-9-4-5-12-6-9/h9-10,12,14H,2-8H2,1H3,(H,13,15). The van der Waals surface area contributed by atoms with Gasteiger partial charge in [0.2, 0.25) is 5.91 Å². The second-order valence-corrected chi connectivity index (χ2v) is 4.30. The molecule has 0 aromatic heterocycles.